The molecule has 1 heterocycles. The summed E-state index contributed by atoms with van der Waals surface area (Å²) in [5.41, 5.74) is 0.849. The van der Waals surface area contributed by atoms with Crippen molar-refractivity contribution in [3.05, 3.63) is 39.5 Å². The van der Waals surface area contributed by atoms with E-state index in [-0.39, 0.29) is 5.69 Å². The van der Waals surface area contributed by atoms with Crippen molar-refractivity contribution in [2.24, 2.45) is 0 Å². The average Bonchev–Trinajstić information content (AvgIpc) is 2.29. The molecule has 0 atom stereocenters. The van der Waals surface area contributed by atoms with Gasteiger partial charge in [-0.2, -0.15) is 0 Å². The van der Waals surface area contributed by atoms with Crippen molar-refractivity contribution >= 4 is 44.4 Å². The van der Waals surface area contributed by atoms with Gasteiger partial charge in [0.25, 0.3) is 0 Å². The number of benzene rings is 1. The number of carbonyl (C=O) groups excluding carboxylic acids is 1. The number of fused-ring (bicyclic) bond motifs is 1. The Morgan fingerprint density at radius 2 is 2.25 bits per heavy atom. The highest BCUT2D eigenvalue weighted by atomic mass is 79.9. The number of rotatable bonds is 1. The second kappa shape index (κ2) is 4.39. The number of aromatic nitrogens is 1. The molecule has 0 saturated heterocycles. The minimum atomic E-state index is -0.500. The quantitative estimate of drug-likeness (QED) is 0.757. The molecule has 3 nitrogen and oxygen atoms in total. The first-order valence-electron chi connectivity index (χ1n) is 4.46. The number of carbonyl (C=O) groups is 1. The van der Waals surface area contributed by atoms with E-state index in [0.717, 1.165) is 9.86 Å². The van der Waals surface area contributed by atoms with Gasteiger partial charge >= 0.3 is 5.97 Å². The number of ether oxygens (including phenoxy) is 1. The standard InChI is InChI=1S/C11H7BrClNO2/c1-16-11(15)9-5-8(13)6-3-2-4-7(12)10(6)14-9/h2-5H,1H3. The lowest BCUT2D eigenvalue weighted by molar-refractivity contribution is 0.0594. The fourth-order valence-corrected chi connectivity index (χ4v) is 2.09. The Morgan fingerprint density at radius 3 is 2.94 bits per heavy atom. The molecule has 0 spiro atoms. The largest absolute Gasteiger partial charge is 0.464 e. The minimum absolute atomic E-state index is 0.201. The topological polar surface area (TPSA) is 39.2 Å². The van der Waals surface area contributed by atoms with Gasteiger partial charge in [-0.05, 0) is 28.1 Å². The zero-order chi connectivity index (χ0) is 11.7. The molecular formula is C11H7BrClNO2. The van der Waals surface area contributed by atoms with E-state index in [1.165, 1.54) is 13.2 Å². The van der Waals surface area contributed by atoms with E-state index in [1.54, 1.807) is 0 Å². The van der Waals surface area contributed by atoms with Crippen LogP contribution in [0.4, 0.5) is 0 Å². The predicted octanol–water partition coefficient (Wildman–Crippen LogP) is 3.44. The van der Waals surface area contributed by atoms with Crippen LogP contribution in [-0.4, -0.2) is 18.1 Å². The first kappa shape index (κ1) is 11.4. The summed E-state index contributed by atoms with van der Waals surface area (Å²) in [6.07, 6.45) is 0. The van der Waals surface area contributed by atoms with Gasteiger partial charge in [-0.1, -0.05) is 23.7 Å². The number of hydrogen-bond donors (Lipinski definition) is 0. The first-order valence-corrected chi connectivity index (χ1v) is 5.63. The summed E-state index contributed by atoms with van der Waals surface area (Å²) in [5, 5.41) is 1.27. The fraction of sp³-hybridized carbons (Fsp3) is 0.0909. The van der Waals surface area contributed by atoms with Crippen LogP contribution in [0.1, 0.15) is 10.5 Å². The summed E-state index contributed by atoms with van der Waals surface area (Å²) in [6.45, 7) is 0. The number of halogens is 2. The second-order valence-corrected chi connectivity index (χ2v) is 4.38. The fourth-order valence-electron chi connectivity index (χ4n) is 1.38. The normalized spacial score (nSPS) is 10.4. The van der Waals surface area contributed by atoms with E-state index in [4.69, 9.17) is 11.6 Å². The average molecular weight is 301 g/mol. The van der Waals surface area contributed by atoms with Crippen molar-refractivity contribution in [3.63, 3.8) is 0 Å². The van der Waals surface area contributed by atoms with Crippen molar-refractivity contribution in [1.29, 1.82) is 0 Å². The van der Waals surface area contributed by atoms with Crippen LogP contribution >= 0.6 is 27.5 Å². The van der Waals surface area contributed by atoms with Crippen LogP contribution in [0.5, 0.6) is 0 Å². The van der Waals surface area contributed by atoms with Gasteiger partial charge in [-0.15, -0.1) is 0 Å². The van der Waals surface area contributed by atoms with Gasteiger partial charge in [0.15, 0.2) is 5.69 Å². The number of para-hydroxylation sites is 1. The van der Waals surface area contributed by atoms with Crippen molar-refractivity contribution in [2.45, 2.75) is 0 Å². The highest BCUT2D eigenvalue weighted by Crippen LogP contribution is 2.28. The molecule has 2 aromatic rings. The summed E-state index contributed by atoms with van der Waals surface area (Å²) >= 11 is 9.43. The lowest BCUT2D eigenvalue weighted by Crippen LogP contribution is -2.04. The zero-order valence-electron chi connectivity index (χ0n) is 8.33. The number of esters is 1. The highest BCUT2D eigenvalue weighted by Gasteiger charge is 2.12. The Morgan fingerprint density at radius 1 is 1.50 bits per heavy atom. The van der Waals surface area contributed by atoms with Gasteiger partial charge in [0, 0.05) is 9.86 Å². The van der Waals surface area contributed by atoms with Gasteiger partial charge in [0.05, 0.1) is 17.6 Å². The molecule has 16 heavy (non-hydrogen) atoms. The zero-order valence-corrected chi connectivity index (χ0v) is 10.7. The van der Waals surface area contributed by atoms with Crippen LogP contribution in [0.15, 0.2) is 28.7 Å². The van der Waals surface area contributed by atoms with Crippen molar-refractivity contribution in [2.75, 3.05) is 7.11 Å². The van der Waals surface area contributed by atoms with Gasteiger partial charge < -0.3 is 4.74 Å². The van der Waals surface area contributed by atoms with E-state index < -0.39 is 5.97 Å². The molecule has 2 rings (SSSR count). The Labute approximate surface area is 106 Å². The molecule has 0 radical (unpaired) electrons. The molecule has 0 N–H and O–H groups in total. The third kappa shape index (κ3) is 1.90. The molecule has 82 valence electrons. The van der Waals surface area contributed by atoms with E-state index in [9.17, 15) is 4.79 Å². The van der Waals surface area contributed by atoms with E-state index >= 15 is 0 Å². The van der Waals surface area contributed by atoms with Crippen LogP contribution in [0.25, 0.3) is 10.9 Å². The van der Waals surface area contributed by atoms with E-state index in [1.807, 2.05) is 18.2 Å². The van der Waals surface area contributed by atoms with Crippen molar-refractivity contribution in [3.8, 4) is 0 Å². The Hall–Kier alpha value is -1.13. The van der Waals surface area contributed by atoms with Crippen molar-refractivity contribution in [1.82, 2.24) is 4.98 Å². The van der Waals surface area contributed by atoms with Crippen LogP contribution < -0.4 is 0 Å². The Balaban J connectivity index is 2.75. The predicted molar refractivity (Wildman–Crippen MR) is 65.8 cm³/mol. The number of methoxy groups -OCH3 is 1. The van der Waals surface area contributed by atoms with Crippen LogP contribution in [0, 0.1) is 0 Å². The molecular weight excluding hydrogens is 293 g/mol. The molecule has 0 amide bonds. The molecule has 0 aliphatic rings. The van der Waals surface area contributed by atoms with Crippen LogP contribution in [-0.2, 0) is 4.74 Å². The molecule has 0 saturated carbocycles. The summed E-state index contributed by atoms with van der Waals surface area (Å²) in [6, 6.07) is 7.04. The molecule has 5 heteroatoms. The summed E-state index contributed by atoms with van der Waals surface area (Å²) in [5.74, 6) is -0.500. The summed E-state index contributed by atoms with van der Waals surface area (Å²) < 4.78 is 5.39. The maximum absolute atomic E-state index is 11.4. The molecule has 0 unspecified atom stereocenters. The van der Waals surface area contributed by atoms with E-state index in [2.05, 4.69) is 25.7 Å². The van der Waals surface area contributed by atoms with Crippen molar-refractivity contribution < 1.29 is 9.53 Å². The molecule has 0 aliphatic heterocycles. The maximum atomic E-state index is 11.4. The van der Waals surface area contributed by atoms with Crippen LogP contribution in [0.3, 0.4) is 0 Å². The van der Waals surface area contributed by atoms with Gasteiger partial charge in [0.2, 0.25) is 0 Å². The number of hydrogen-bond acceptors (Lipinski definition) is 3. The smallest absolute Gasteiger partial charge is 0.356 e. The lowest BCUT2D eigenvalue weighted by Gasteiger charge is -2.05. The molecule has 0 aliphatic carbocycles. The highest BCUT2D eigenvalue weighted by molar-refractivity contribution is 9.10. The maximum Gasteiger partial charge on any atom is 0.356 e. The Bertz CT molecular complexity index is 571. The minimum Gasteiger partial charge on any atom is -0.464 e. The van der Waals surface area contributed by atoms with Gasteiger partial charge in [0.1, 0.15) is 0 Å². The third-order valence-electron chi connectivity index (χ3n) is 2.13. The first-order chi connectivity index (χ1) is 7.63. The Kier molecular flexibility index (Phi) is 3.12. The molecule has 0 fully saturated rings. The molecule has 1 aromatic carbocycles. The second-order valence-electron chi connectivity index (χ2n) is 3.12. The monoisotopic (exact) mass is 299 g/mol. The third-order valence-corrected chi connectivity index (χ3v) is 3.09. The summed E-state index contributed by atoms with van der Waals surface area (Å²) in [4.78, 5) is 15.6. The lowest BCUT2D eigenvalue weighted by atomic mass is 10.2. The number of nitrogens with zero attached hydrogens (tertiary/aromatic N) is 1. The molecule has 1 aromatic heterocycles. The van der Waals surface area contributed by atoms with Crippen LogP contribution in [0.2, 0.25) is 5.02 Å². The SMILES string of the molecule is COC(=O)c1cc(Cl)c2cccc(Br)c2n1. The summed E-state index contributed by atoms with van der Waals surface area (Å²) in [7, 11) is 1.31. The van der Waals surface area contributed by atoms with Gasteiger partial charge in [-0.25, -0.2) is 9.78 Å². The van der Waals surface area contributed by atoms with Gasteiger partial charge in [-0.3, -0.25) is 0 Å². The molecule has 0 bridgehead atoms. The van der Waals surface area contributed by atoms with E-state index in [0.29, 0.717) is 10.5 Å². The number of pyridine rings is 1.